The smallest absolute Gasteiger partial charge is 0.264 e. The maximum Gasteiger partial charge on any atom is 0.264 e. The first-order chi connectivity index (χ1) is 23.1. The van der Waals surface area contributed by atoms with Crippen molar-refractivity contribution in [2.24, 2.45) is 0 Å². The number of nitrogens with zero attached hydrogens (tertiary/aromatic N) is 2. The van der Waals surface area contributed by atoms with E-state index in [2.05, 4.69) is 5.32 Å². The SMILES string of the molecule is COc1ccc(C)cc1N(CC(=O)N(Cc1ccc(Cl)c(Cl)c1)C(Cc1ccccc1)C(=O)NC1CCCC1)S(=O)(=O)c1ccccc1. The van der Waals surface area contributed by atoms with Crippen LogP contribution in [0, 0.1) is 6.92 Å². The second-order valence-electron chi connectivity index (χ2n) is 12.0. The number of carbonyl (C=O) groups excluding carboxylic acids is 2. The van der Waals surface area contributed by atoms with E-state index in [-0.39, 0.29) is 41.2 Å². The zero-order chi connectivity index (χ0) is 34.3. The highest BCUT2D eigenvalue weighted by Crippen LogP contribution is 2.34. The van der Waals surface area contributed by atoms with Crippen molar-refractivity contribution in [3.63, 3.8) is 0 Å². The monoisotopic (exact) mass is 707 g/mol. The van der Waals surface area contributed by atoms with Crippen LogP contribution in [0.2, 0.25) is 10.0 Å². The first-order valence-corrected chi connectivity index (χ1v) is 18.1. The molecule has 4 aromatic rings. The maximum atomic E-state index is 14.8. The molecule has 0 saturated heterocycles. The summed E-state index contributed by atoms with van der Waals surface area (Å²) in [4.78, 5) is 30.4. The van der Waals surface area contributed by atoms with Crippen molar-refractivity contribution >= 4 is 50.7 Å². The molecule has 0 heterocycles. The second-order valence-corrected chi connectivity index (χ2v) is 14.6. The van der Waals surface area contributed by atoms with Crippen molar-refractivity contribution < 1.29 is 22.7 Å². The van der Waals surface area contributed by atoms with Crippen LogP contribution in [-0.4, -0.2) is 50.9 Å². The summed E-state index contributed by atoms with van der Waals surface area (Å²) < 4.78 is 35.3. The van der Waals surface area contributed by atoms with Gasteiger partial charge in [-0.1, -0.05) is 96.7 Å². The van der Waals surface area contributed by atoms with Crippen LogP contribution in [0.4, 0.5) is 5.69 Å². The number of benzene rings is 4. The van der Waals surface area contributed by atoms with Gasteiger partial charge in [0.05, 0.1) is 27.7 Å². The molecule has 252 valence electrons. The molecule has 1 unspecified atom stereocenters. The van der Waals surface area contributed by atoms with E-state index < -0.39 is 28.5 Å². The Balaban J connectivity index is 1.61. The van der Waals surface area contributed by atoms with Gasteiger partial charge in [0.2, 0.25) is 11.8 Å². The number of hydrogen-bond donors (Lipinski definition) is 1. The fraction of sp³-hybridized carbons (Fsp3) is 0.297. The minimum Gasteiger partial charge on any atom is -0.495 e. The lowest BCUT2D eigenvalue weighted by atomic mass is 10.0. The third-order valence-electron chi connectivity index (χ3n) is 8.52. The lowest BCUT2D eigenvalue weighted by Crippen LogP contribution is -2.54. The Hall–Kier alpha value is -4.05. The van der Waals surface area contributed by atoms with Gasteiger partial charge >= 0.3 is 0 Å². The molecule has 1 fully saturated rings. The standard InChI is InChI=1S/C37H39Cl2N3O5S/c1-26-17-20-35(47-2)33(21-26)42(48(45,46)30-15-7-4-8-16-30)25-36(43)41(24-28-18-19-31(38)32(39)22-28)34(23-27-11-5-3-6-12-27)37(44)40-29-13-9-10-14-29/h3-8,11-12,15-22,29,34H,9-10,13-14,23-25H2,1-2H3,(H,40,44). The van der Waals surface area contributed by atoms with E-state index in [1.807, 2.05) is 37.3 Å². The van der Waals surface area contributed by atoms with Crippen molar-refractivity contribution in [1.29, 1.82) is 0 Å². The van der Waals surface area contributed by atoms with Crippen LogP contribution >= 0.6 is 23.2 Å². The number of amides is 2. The summed E-state index contributed by atoms with van der Waals surface area (Å²) in [7, 11) is -2.83. The number of rotatable bonds is 13. The van der Waals surface area contributed by atoms with Crippen LogP contribution in [0.15, 0.2) is 102 Å². The average molecular weight is 709 g/mol. The Labute approximate surface area is 292 Å². The molecule has 1 saturated carbocycles. The van der Waals surface area contributed by atoms with Crippen molar-refractivity contribution in [2.45, 2.75) is 62.6 Å². The normalized spacial score (nSPS) is 13.9. The fourth-order valence-electron chi connectivity index (χ4n) is 5.98. The van der Waals surface area contributed by atoms with Gasteiger partial charge < -0.3 is 15.0 Å². The predicted molar refractivity (Wildman–Crippen MR) is 190 cm³/mol. The third kappa shape index (κ3) is 8.50. The van der Waals surface area contributed by atoms with Gasteiger partial charge in [0, 0.05) is 19.0 Å². The Bertz CT molecular complexity index is 1830. The largest absolute Gasteiger partial charge is 0.495 e. The number of methoxy groups -OCH3 is 1. The van der Waals surface area contributed by atoms with Crippen LogP contribution in [0.25, 0.3) is 0 Å². The number of ether oxygens (including phenoxy) is 1. The van der Waals surface area contributed by atoms with Crippen molar-refractivity contribution in [3.8, 4) is 5.75 Å². The first-order valence-electron chi connectivity index (χ1n) is 15.9. The van der Waals surface area contributed by atoms with Gasteiger partial charge in [-0.3, -0.25) is 13.9 Å². The Morgan fingerprint density at radius 2 is 1.54 bits per heavy atom. The van der Waals surface area contributed by atoms with E-state index >= 15 is 0 Å². The number of hydrogen-bond acceptors (Lipinski definition) is 5. The average Bonchev–Trinajstić information content (AvgIpc) is 3.60. The van der Waals surface area contributed by atoms with E-state index in [4.69, 9.17) is 27.9 Å². The van der Waals surface area contributed by atoms with Crippen LogP contribution in [0.5, 0.6) is 5.75 Å². The Kier molecular flexibility index (Phi) is 11.7. The highest BCUT2D eigenvalue weighted by molar-refractivity contribution is 7.92. The molecule has 0 radical (unpaired) electrons. The number of anilines is 1. The van der Waals surface area contributed by atoms with Crippen molar-refractivity contribution in [1.82, 2.24) is 10.2 Å². The molecule has 1 aliphatic carbocycles. The summed E-state index contributed by atoms with van der Waals surface area (Å²) in [6.45, 7) is 1.22. The van der Waals surface area contributed by atoms with Crippen LogP contribution < -0.4 is 14.4 Å². The summed E-state index contributed by atoms with van der Waals surface area (Å²) in [6.07, 6.45) is 3.98. The Morgan fingerprint density at radius 3 is 2.19 bits per heavy atom. The molecule has 0 bridgehead atoms. The van der Waals surface area contributed by atoms with Gasteiger partial charge in [-0.2, -0.15) is 0 Å². The molecule has 5 rings (SSSR count). The van der Waals surface area contributed by atoms with Gasteiger partial charge in [-0.25, -0.2) is 8.42 Å². The van der Waals surface area contributed by atoms with Gasteiger partial charge in [0.15, 0.2) is 0 Å². The van der Waals surface area contributed by atoms with E-state index in [0.717, 1.165) is 41.1 Å². The Morgan fingerprint density at radius 1 is 0.875 bits per heavy atom. The summed E-state index contributed by atoms with van der Waals surface area (Å²) in [6, 6.07) is 26.6. The van der Waals surface area contributed by atoms with Crippen molar-refractivity contribution in [2.75, 3.05) is 18.0 Å². The quantitative estimate of drug-likeness (QED) is 0.159. The molecule has 0 aliphatic heterocycles. The maximum absolute atomic E-state index is 14.8. The summed E-state index contributed by atoms with van der Waals surface area (Å²) in [5, 5.41) is 3.83. The van der Waals surface area contributed by atoms with Crippen LogP contribution in [0.3, 0.4) is 0 Å². The third-order valence-corrected chi connectivity index (χ3v) is 11.0. The van der Waals surface area contributed by atoms with Gasteiger partial charge in [0.1, 0.15) is 18.3 Å². The highest BCUT2D eigenvalue weighted by atomic mass is 35.5. The van der Waals surface area contributed by atoms with Crippen LogP contribution in [0.1, 0.15) is 42.4 Å². The van der Waals surface area contributed by atoms with Crippen molar-refractivity contribution in [3.05, 3.63) is 124 Å². The zero-order valence-electron chi connectivity index (χ0n) is 26.9. The number of carbonyl (C=O) groups is 2. The summed E-state index contributed by atoms with van der Waals surface area (Å²) >= 11 is 12.6. The minimum absolute atomic E-state index is 0.00390. The summed E-state index contributed by atoms with van der Waals surface area (Å²) in [5.74, 6) is -0.597. The number of sulfonamides is 1. The molecule has 1 aliphatic rings. The number of aryl methyl sites for hydroxylation is 1. The zero-order valence-corrected chi connectivity index (χ0v) is 29.3. The minimum atomic E-state index is -4.27. The number of nitrogens with one attached hydrogen (secondary N) is 1. The van der Waals surface area contributed by atoms with Gasteiger partial charge in [0.25, 0.3) is 10.0 Å². The molecular formula is C37H39Cl2N3O5S. The van der Waals surface area contributed by atoms with E-state index in [1.54, 1.807) is 54.6 Å². The van der Waals surface area contributed by atoms with Gasteiger partial charge in [-0.15, -0.1) is 0 Å². The van der Waals surface area contributed by atoms with E-state index in [0.29, 0.717) is 15.6 Å². The molecule has 8 nitrogen and oxygen atoms in total. The topological polar surface area (TPSA) is 96.0 Å². The lowest BCUT2D eigenvalue weighted by Gasteiger charge is -2.34. The molecule has 0 spiro atoms. The number of halogens is 2. The second kappa shape index (κ2) is 15.9. The molecule has 1 atom stereocenters. The molecule has 48 heavy (non-hydrogen) atoms. The van der Waals surface area contributed by atoms with E-state index in [9.17, 15) is 18.0 Å². The highest BCUT2D eigenvalue weighted by Gasteiger charge is 2.36. The molecular weight excluding hydrogens is 669 g/mol. The molecule has 4 aromatic carbocycles. The van der Waals surface area contributed by atoms with E-state index in [1.165, 1.54) is 24.1 Å². The molecule has 11 heteroatoms. The lowest BCUT2D eigenvalue weighted by molar-refractivity contribution is -0.140. The molecule has 1 N–H and O–H groups in total. The fourth-order valence-corrected chi connectivity index (χ4v) is 7.74. The van der Waals surface area contributed by atoms with Gasteiger partial charge in [-0.05, 0) is 72.9 Å². The predicted octanol–water partition coefficient (Wildman–Crippen LogP) is 7.20. The van der Waals surface area contributed by atoms with Crippen LogP contribution in [-0.2, 0) is 32.6 Å². The molecule has 2 amide bonds. The first kappa shape index (κ1) is 35.3. The molecule has 0 aromatic heterocycles. The summed E-state index contributed by atoms with van der Waals surface area (Å²) in [5.41, 5.74) is 2.47.